The molecule has 0 aromatic heterocycles. The summed E-state index contributed by atoms with van der Waals surface area (Å²) in [5.74, 6) is 1.37. The summed E-state index contributed by atoms with van der Waals surface area (Å²) in [4.78, 5) is 0. The Bertz CT molecular complexity index is 474. The van der Waals surface area contributed by atoms with E-state index in [1.807, 2.05) is 0 Å². The molecule has 0 aliphatic heterocycles. The molecule has 0 aromatic carbocycles. The zero-order valence-electron chi connectivity index (χ0n) is 14.3. The van der Waals surface area contributed by atoms with Crippen LogP contribution in [-0.2, 0) is 0 Å². The molecule has 0 radical (unpaired) electrons. The zero-order chi connectivity index (χ0) is 15.5. The van der Waals surface area contributed by atoms with Crippen LogP contribution >= 0.6 is 0 Å². The van der Waals surface area contributed by atoms with Crippen LogP contribution in [0.5, 0.6) is 0 Å². The van der Waals surface area contributed by atoms with Crippen LogP contribution in [0.4, 0.5) is 0 Å². The van der Waals surface area contributed by atoms with Gasteiger partial charge in [-0.3, -0.25) is 0 Å². The number of fused-ring (bicyclic) bond motifs is 3. The molecule has 0 heterocycles. The predicted octanol–water partition coefficient (Wildman–Crippen LogP) is 5.11. The van der Waals surface area contributed by atoms with Gasteiger partial charge in [0.05, 0.1) is 6.10 Å². The fourth-order valence-electron chi connectivity index (χ4n) is 5.83. The summed E-state index contributed by atoms with van der Waals surface area (Å²) >= 11 is 0. The van der Waals surface area contributed by atoms with Gasteiger partial charge in [0.25, 0.3) is 0 Å². The van der Waals surface area contributed by atoms with E-state index in [-0.39, 0.29) is 11.5 Å². The van der Waals surface area contributed by atoms with Crippen molar-refractivity contribution >= 4 is 0 Å². The normalized spacial score (nSPS) is 48.8. The van der Waals surface area contributed by atoms with Crippen LogP contribution in [0.15, 0.2) is 24.3 Å². The van der Waals surface area contributed by atoms with Crippen LogP contribution in [0.2, 0.25) is 0 Å². The van der Waals surface area contributed by atoms with Crippen molar-refractivity contribution in [2.24, 2.45) is 28.1 Å². The molecular formula is C20H32O. The maximum atomic E-state index is 10.5. The fourth-order valence-corrected chi connectivity index (χ4v) is 5.83. The Morgan fingerprint density at radius 3 is 2.57 bits per heavy atom. The Morgan fingerprint density at radius 2 is 1.90 bits per heavy atom. The lowest BCUT2D eigenvalue weighted by molar-refractivity contribution is -0.101. The van der Waals surface area contributed by atoms with Gasteiger partial charge in [-0.1, -0.05) is 45.4 Å². The van der Waals surface area contributed by atoms with Crippen molar-refractivity contribution in [1.29, 1.82) is 0 Å². The van der Waals surface area contributed by atoms with Crippen LogP contribution in [-0.4, -0.2) is 11.2 Å². The summed E-state index contributed by atoms with van der Waals surface area (Å²) in [5, 5.41) is 10.5. The van der Waals surface area contributed by atoms with Crippen molar-refractivity contribution in [1.82, 2.24) is 0 Å². The second-order valence-electron chi connectivity index (χ2n) is 9.05. The lowest BCUT2D eigenvalue weighted by Gasteiger charge is -2.60. The molecule has 1 N–H and O–H groups in total. The van der Waals surface area contributed by atoms with Crippen LogP contribution in [0, 0.1) is 28.1 Å². The van der Waals surface area contributed by atoms with Crippen LogP contribution in [0.25, 0.3) is 0 Å². The van der Waals surface area contributed by atoms with Crippen molar-refractivity contribution in [3.05, 3.63) is 24.3 Å². The maximum absolute atomic E-state index is 10.5. The summed E-state index contributed by atoms with van der Waals surface area (Å²) in [6.07, 6.45) is 11.7. The highest BCUT2D eigenvalue weighted by molar-refractivity contribution is 5.28. The van der Waals surface area contributed by atoms with Gasteiger partial charge >= 0.3 is 0 Å². The minimum absolute atomic E-state index is 0.0536. The van der Waals surface area contributed by atoms with E-state index in [0.29, 0.717) is 16.7 Å². The Kier molecular flexibility index (Phi) is 3.44. The Labute approximate surface area is 130 Å². The Balaban J connectivity index is 1.97. The first-order chi connectivity index (χ1) is 9.73. The van der Waals surface area contributed by atoms with Crippen LogP contribution < -0.4 is 0 Å². The SMILES string of the molecule is C=C[C@@]1(C)CC=C2[C@@H](CC[C@@H]3C(C)(C)[C@H](O)CC[C@@]23C)C1. The lowest BCUT2D eigenvalue weighted by Crippen LogP contribution is -2.54. The topological polar surface area (TPSA) is 20.2 Å². The molecule has 2 fully saturated rings. The van der Waals surface area contributed by atoms with E-state index >= 15 is 0 Å². The molecule has 0 amide bonds. The van der Waals surface area contributed by atoms with Crippen LogP contribution in [0.3, 0.4) is 0 Å². The minimum atomic E-state index is -0.130. The number of aliphatic hydroxyl groups is 1. The monoisotopic (exact) mass is 288 g/mol. The standard InChI is InChI=1S/C20H32O/c1-6-19(4)11-9-15-14(13-19)7-8-16-18(2,3)17(21)10-12-20(15,16)5/h6,9,14,16-17,21H,1,7-8,10-13H2,2-5H3/t14-,16+,17+,19-,20-/m0/s1. The van der Waals surface area contributed by atoms with Crippen molar-refractivity contribution in [2.75, 3.05) is 0 Å². The highest BCUT2D eigenvalue weighted by atomic mass is 16.3. The van der Waals surface area contributed by atoms with Crippen molar-refractivity contribution in [3.63, 3.8) is 0 Å². The number of allylic oxidation sites excluding steroid dienone is 3. The molecular weight excluding hydrogens is 256 g/mol. The number of hydrogen-bond donors (Lipinski definition) is 1. The molecule has 0 aromatic rings. The first kappa shape index (κ1) is 15.3. The molecule has 0 spiro atoms. The molecule has 3 rings (SSSR count). The summed E-state index contributed by atoms with van der Waals surface area (Å²) < 4.78 is 0. The molecule has 0 bridgehead atoms. The zero-order valence-corrected chi connectivity index (χ0v) is 14.3. The molecule has 3 aliphatic carbocycles. The van der Waals surface area contributed by atoms with Gasteiger partial charge in [0.1, 0.15) is 0 Å². The quantitative estimate of drug-likeness (QED) is 0.665. The van der Waals surface area contributed by atoms with Gasteiger partial charge in [-0.2, -0.15) is 0 Å². The average molecular weight is 288 g/mol. The predicted molar refractivity (Wildman–Crippen MR) is 89.0 cm³/mol. The fraction of sp³-hybridized carbons (Fsp3) is 0.800. The van der Waals surface area contributed by atoms with Gasteiger partial charge in [-0.15, -0.1) is 6.58 Å². The van der Waals surface area contributed by atoms with E-state index in [9.17, 15) is 5.11 Å². The Hall–Kier alpha value is -0.560. The summed E-state index contributed by atoms with van der Waals surface area (Å²) in [6.45, 7) is 13.5. The number of aliphatic hydroxyl groups excluding tert-OH is 1. The third-order valence-electron chi connectivity index (χ3n) is 7.36. The van der Waals surface area contributed by atoms with E-state index in [2.05, 4.69) is 46.4 Å². The molecule has 21 heavy (non-hydrogen) atoms. The van der Waals surface area contributed by atoms with E-state index in [1.165, 1.54) is 19.3 Å². The molecule has 0 saturated heterocycles. The summed E-state index contributed by atoms with van der Waals surface area (Å²) in [5.41, 5.74) is 2.38. The highest BCUT2D eigenvalue weighted by Crippen LogP contribution is 2.63. The van der Waals surface area contributed by atoms with Gasteiger partial charge in [-0.25, -0.2) is 0 Å². The van der Waals surface area contributed by atoms with Crippen molar-refractivity contribution in [3.8, 4) is 0 Å². The van der Waals surface area contributed by atoms with Gasteiger partial charge in [-0.05, 0) is 66.6 Å². The first-order valence-corrected chi connectivity index (χ1v) is 8.75. The third-order valence-corrected chi connectivity index (χ3v) is 7.36. The molecule has 118 valence electrons. The second-order valence-corrected chi connectivity index (χ2v) is 9.05. The van der Waals surface area contributed by atoms with Gasteiger partial charge in [0.2, 0.25) is 0 Å². The molecule has 0 unspecified atom stereocenters. The molecule has 2 saturated carbocycles. The van der Waals surface area contributed by atoms with Crippen LogP contribution in [0.1, 0.15) is 66.2 Å². The highest BCUT2D eigenvalue weighted by Gasteiger charge is 2.56. The molecule has 5 atom stereocenters. The van der Waals surface area contributed by atoms with Gasteiger partial charge in [0.15, 0.2) is 0 Å². The maximum Gasteiger partial charge on any atom is 0.0594 e. The van der Waals surface area contributed by atoms with Crippen molar-refractivity contribution in [2.45, 2.75) is 72.3 Å². The average Bonchev–Trinajstić information content (AvgIpc) is 2.43. The third kappa shape index (κ3) is 2.15. The van der Waals surface area contributed by atoms with Gasteiger partial charge < -0.3 is 5.11 Å². The molecule has 1 heteroatoms. The van der Waals surface area contributed by atoms with Gasteiger partial charge in [0, 0.05) is 0 Å². The molecule has 1 nitrogen and oxygen atoms in total. The van der Waals surface area contributed by atoms with E-state index < -0.39 is 0 Å². The summed E-state index contributed by atoms with van der Waals surface area (Å²) in [6, 6.07) is 0. The van der Waals surface area contributed by atoms with E-state index in [0.717, 1.165) is 25.2 Å². The minimum Gasteiger partial charge on any atom is -0.393 e. The number of hydrogen-bond acceptors (Lipinski definition) is 1. The van der Waals surface area contributed by atoms with E-state index in [1.54, 1.807) is 5.57 Å². The largest absolute Gasteiger partial charge is 0.393 e. The van der Waals surface area contributed by atoms with Crippen molar-refractivity contribution < 1.29 is 5.11 Å². The number of rotatable bonds is 1. The smallest absolute Gasteiger partial charge is 0.0594 e. The first-order valence-electron chi connectivity index (χ1n) is 8.75. The lowest BCUT2D eigenvalue weighted by atomic mass is 9.46. The summed E-state index contributed by atoms with van der Waals surface area (Å²) in [7, 11) is 0. The Morgan fingerprint density at radius 1 is 1.19 bits per heavy atom. The molecule has 3 aliphatic rings. The van der Waals surface area contributed by atoms with E-state index in [4.69, 9.17) is 0 Å². The second kappa shape index (κ2) is 4.72.